The number of piperidine rings is 1. The van der Waals surface area contributed by atoms with Crippen molar-refractivity contribution in [2.45, 2.75) is 25.8 Å². The lowest BCUT2D eigenvalue weighted by Gasteiger charge is -2.29. The van der Waals surface area contributed by atoms with Crippen molar-refractivity contribution in [2.75, 3.05) is 26.7 Å². The second-order valence-electron chi connectivity index (χ2n) is 6.06. The van der Waals surface area contributed by atoms with Gasteiger partial charge in [0.1, 0.15) is 11.3 Å². The molecule has 2 aromatic rings. The predicted octanol–water partition coefficient (Wildman–Crippen LogP) is 3.43. The van der Waals surface area contributed by atoms with E-state index in [0.717, 1.165) is 23.8 Å². The molecule has 1 aromatic heterocycles. The lowest BCUT2D eigenvalue weighted by atomic mass is 9.97. The van der Waals surface area contributed by atoms with E-state index in [-0.39, 0.29) is 6.04 Å². The van der Waals surface area contributed by atoms with Crippen molar-refractivity contribution in [3.8, 4) is 0 Å². The van der Waals surface area contributed by atoms with E-state index < -0.39 is 0 Å². The van der Waals surface area contributed by atoms with Crippen LogP contribution in [-0.2, 0) is 0 Å². The summed E-state index contributed by atoms with van der Waals surface area (Å²) in [5.74, 6) is 1.84. The van der Waals surface area contributed by atoms with Gasteiger partial charge >= 0.3 is 0 Å². The topological polar surface area (TPSA) is 28.4 Å². The van der Waals surface area contributed by atoms with E-state index in [9.17, 15) is 0 Å². The largest absolute Gasteiger partial charge is 0.459 e. The Hall–Kier alpha value is -1.32. The Balaban J connectivity index is 1.57. The third kappa shape index (κ3) is 3.05. The molecule has 2 heterocycles. The summed E-state index contributed by atoms with van der Waals surface area (Å²) in [6.07, 6.45) is 2.60. The standard InChI is InChI=1S/C17H24N2O/c1-13(18-12-14-7-9-19(2)10-8-14)17-11-15-5-3-4-6-16(15)20-17/h3-6,11,13-14,18H,7-10,12H2,1-2H3. The zero-order chi connectivity index (χ0) is 13.9. The monoisotopic (exact) mass is 272 g/mol. The molecule has 1 unspecified atom stereocenters. The van der Waals surface area contributed by atoms with Crippen molar-refractivity contribution in [3.05, 3.63) is 36.1 Å². The van der Waals surface area contributed by atoms with Gasteiger partial charge in [0, 0.05) is 5.39 Å². The van der Waals surface area contributed by atoms with Gasteiger partial charge in [-0.05, 0) is 64.5 Å². The second-order valence-corrected chi connectivity index (χ2v) is 6.06. The number of furan rings is 1. The molecule has 0 aliphatic carbocycles. The van der Waals surface area contributed by atoms with Gasteiger partial charge in [-0.15, -0.1) is 0 Å². The van der Waals surface area contributed by atoms with Crippen LogP contribution >= 0.6 is 0 Å². The summed E-state index contributed by atoms with van der Waals surface area (Å²) in [5.41, 5.74) is 0.982. The third-order valence-electron chi connectivity index (χ3n) is 4.42. The molecule has 108 valence electrons. The zero-order valence-electron chi connectivity index (χ0n) is 12.4. The van der Waals surface area contributed by atoms with Crippen molar-refractivity contribution in [1.82, 2.24) is 10.2 Å². The minimum atomic E-state index is 0.280. The van der Waals surface area contributed by atoms with Crippen molar-refractivity contribution in [1.29, 1.82) is 0 Å². The number of nitrogens with one attached hydrogen (secondary N) is 1. The molecule has 1 aromatic carbocycles. The van der Waals surface area contributed by atoms with E-state index in [4.69, 9.17) is 4.42 Å². The van der Waals surface area contributed by atoms with Gasteiger partial charge in [-0.2, -0.15) is 0 Å². The van der Waals surface area contributed by atoms with Crippen LogP contribution in [0.4, 0.5) is 0 Å². The van der Waals surface area contributed by atoms with Crippen LogP contribution in [0.2, 0.25) is 0 Å². The molecule has 1 aliphatic rings. The minimum absolute atomic E-state index is 0.280. The SMILES string of the molecule is CC(NCC1CCN(C)CC1)c1cc2ccccc2o1. The van der Waals surface area contributed by atoms with Gasteiger partial charge in [-0.25, -0.2) is 0 Å². The molecule has 0 spiro atoms. The first-order valence-electron chi connectivity index (χ1n) is 7.63. The average molecular weight is 272 g/mol. The molecule has 3 heteroatoms. The predicted molar refractivity (Wildman–Crippen MR) is 82.9 cm³/mol. The molecule has 0 bridgehead atoms. The molecule has 1 atom stereocenters. The summed E-state index contributed by atoms with van der Waals surface area (Å²) >= 11 is 0. The van der Waals surface area contributed by atoms with Crippen LogP contribution in [0.1, 0.15) is 31.6 Å². The zero-order valence-corrected chi connectivity index (χ0v) is 12.4. The van der Waals surface area contributed by atoms with Crippen LogP contribution < -0.4 is 5.32 Å². The van der Waals surface area contributed by atoms with Gasteiger partial charge in [-0.1, -0.05) is 18.2 Å². The van der Waals surface area contributed by atoms with Gasteiger partial charge in [0.25, 0.3) is 0 Å². The molecule has 0 saturated carbocycles. The van der Waals surface area contributed by atoms with Crippen LogP contribution in [0, 0.1) is 5.92 Å². The normalized spacial score (nSPS) is 19.5. The maximum atomic E-state index is 5.92. The summed E-state index contributed by atoms with van der Waals surface area (Å²) in [6, 6.07) is 10.6. The van der Waals surface area contributed by atoms with Gasteiger partial charge < -0.3 is 14.6 Å². The van der Waals surface area contributed by atoms with E-state index in [2.05, 4.69) is 42.4 Å². The summed E-state index contributed by atoms with van der Waals surface area (Å²) in [7, 11) is 2.21. The third-order valence-corrected chi connectivity index (χ3v) is 4.42. The van der Waals surface area contributed by atoms with Gasteiger partial charge in [0.2, 0.25) is 0 Å². The van der Waals surface area contributed by atoms with Crippen LogP contribution in [0.25, 0.3) is 11.0 Å². The number of hydrogen-bond acceptors (Lipinski definition) is 3. The number of nitrogens with zero attached hydrogens (tertiary/aromatic N) is 1. The lowest BCUT2D eigenvalue weighted by Crippen LogP contribution is -2.35. The van der Waals surface area contributed by atoms with E-state index in [1.54, 1.807) is 0 Å². The molecule has 0 amide bonds. The molecular weight excluding hydrogens is 248 g/mol. The highest BCUT2D eigenvalue weighted by atomic mass is 16.3. The Kier molecular flexibility index (Phi) is 4.08. The van der Waals surface area contributed by atoms with Crippen molar-refractivity contribution < 1.29 is 4.42 Å². The van der Waals surface area contributed by atoms with Gasteiger partial charge in [0.15, 0.2) is 0 Å². The molecule has 1 aliphatic heterocycles. The summed E-state index contributed by atoms with van der Waals surface area (Å²) in [4.78, 5) is 2.42. The molecule has 1 N–H and O–H groups in total. The number of para-hydroxylation sites is 1. The number of likely N-dealkylation sites (tertiary alicyclic amines) is 1. The fraction of sp³-hybridized carbons (Fsp3) is 0.529. The Morgan fingerprint density at radius 3 is 2.80 bits per heavy atom. The number of rotatable bonds is 4. The number of fused-ring (bicyclic) bond motifs is 1. The van der Waals surface area contributed by atoms with E-state index >= 15 is 0 Å². The molecule has 20 heavy (non-hydrogen) atoms. The maximum absolute atomic E-state index is 5.92. The first-order chi connectivity index (χ1) is 9.72. The maximum Gasteiger partial charge on any atom is 0.134 e. The highest BCUT2D eigenvalue weighted by Gasteiger charge is 2.18. The van der Waals surface area contributed by atoms with E-state index in [1.807, 2.05) is 12.1 Å². The van der Waals surface area contributed by atoms with Crippen molar-refractivity contribution >= 4 is 11.0 Å². The van der Waals surface area contributed by atoms with Crippen LogP contribution in [-0.4, -0.2) is 31.6 Å². The molecule has 1 fully saturated rings. The Morgan fingerprint density at radius 2 is 2.05 bits per heavy atom. The summed E-state index contributed by atoms with van der Waals surface area (Å²) in [6.45, 7) is 5.73. The summed E-state index contributed by atoms with van der Waals surface area (Å²) in [5, 5.41) is 4.82. The second kappa shape index (κ2) is 5.98. The summed E-state index contributed by atoms with van der Waals surface area (Å²) < 4.78 is 5.92. The van der Waals surface area contributed by atoms with Crippen LogP contribution in [0.15, 0.2) is 34.7 Å². The van der Waals surface area contributed by atoms with Crippen molar-refractivity contribution in [2.24, 2.45) is 5.92 Å². The fourth-order valence-corrected chi connectivity index (χ4v) is 2.93. The first kappa shape index (κ1) is 13.7. The number of hydrogen-bond donors (Lipinski definition) is 1. The smallest absolute Gasteiger partial charge is 0.134 e. The van der Waals surface area contributed by atoms with Crippen LogP contribution in [0.3, 0.4) is 0 Å². The lowest BCUT2D eigenvalue weighted by molar-refractivity contribution is 0.212. The minimum Gasteiger partial charge on any atom is -0.459 e. The Morgan fingerprint density at radius 1 is 1.30 bits per heavy atom. The first-order valence-corrected chi connectivity index (χ1v) is 7.63. The van der Waals surface area contributed by atoms with E-state index in [1.165, 1.54) is 31.3 Å². The molecular formula is C17H24N2O. The Labute approximate surface area is 120 Å². The highest BCUT2D eigenvalue weighted by Crippen LogP contribution is 2.24. The van der Waals surface area contributed by atoms with E-state index in [0.29, 0.717) is 0 Å². The molecule has 0 radical (unpaired) electrons. The Bertz CT molecular complexity index is 522. The molecule has 3 nitrogen and oxygen atoms in total. The fourth-order valence-electron chi connectivity index (χ4n) is 2.93. The van der Waals surface area contributed by atoms with Crippen molar-refractivity contribution in [3.63, 3.8) is 0 Å². The molecule has 3 rings (SSSR count). The number of benzene rings is 1. The van der Waals surface area contributed by atoms with Gasteiger partial charge in [-0.3, -0.25) is 0 Å². The highest BCUT2D eigenvalue weighted by molar-refractivity contribution is 5.77. The molecule has 1 saturated heterocycles. The average Bonchev–Trinajstić information content (AvgIpc) is 2.90. The van der Waals surface area contributed by atoms with Gasteiger partial charge in [0.05, 0.1) is 6.04 Å². The quantitative estimate of drug-likeness (QED) is 0.924. The van der Waals surface area contributed by atoms with Crippen LogP contribution in [0.5, 0.6) is 0 Å².